The fourth-order valence-corrected chi connectivity index (χ4v) is 2.00. The lowest BCUT2D eigenvalue weighted by molar-refractivity contribution is -0.147. The fraction of sp³-hybridized carbons (Fsp3) is 0.385. The van der Waals surface area contributed by atoms with E-state index in [0.717, 1.165) is 11.0 Å². The summed E-state index contributed by atoms with van der Waals surface area (Å²) >= 11 is 0. The molecular formula is C13H14F2N2O4. The monoisotopic (exact) mass is 300 g/mol. The van der Waals surface area contributed by atoms with Crippen LogP contribution in [0.25, 0.3) is 0 Å². The maximum atomic E-state index is 13.8. The number of hydrogen-bond acceptors (Lipinski definition) is 3. The maximum Gasteiger partial charge on any atom is 0.328 e. The van der Waals surface area contributed by atoms with Gasteiger partial charge in [0.15, 0.2) is 11.9 Å². The van der Waals surface area contributed by atoms with Crippen LogP contribution in [-0.2, 0) is 9.53 Å². The Balaban J connectivity index is 2.21. The molecule has 0 saturated carbocycles. The van der Waals surface area contributed by atoms with Crippen molar-refractivity contribution in [2.24, 2.45) is 0 Å². The summed E-state index contributed by atoms with van der Waals surface area (Å²) < 4.78 is 32.4. The summed E-state index contributed by atoms with van der Waals surface area (Å²) in [5, 5.41) is 11.1. The van der Waals surface area contributed by atoms with Crippen LogP contribution in [-0.4, -0.2) is 47.8 Å². The number of aliphatic carboxylic acids is 1. The first-order valence-corrected chi connectivity index (χ1v) is 6.24. The number of carbonyl (C=O) groups excluding carboxylic acids is 1. The molecule has 1 aliphatic heterocycles. The minimum absolute atomic E-state index is 0.0256. The molecular weight excluding hydrogens is 286 g/mol. The highest BCUT2D eigenvalue weighted by molar-refractivity contribution is 5.92. The van der Waals surface area contributed by atoms with E-state index in [9.17, 15) is 18.4 Å². The molecule has 0 bridgehead atoms. The Morgan fingerprint density at radius 2 is 2.14 bits per heavy atom. The number of ether oxygens (including phenoxy) is 1. The molecule has 1 fully saturated rings. The normalized spacial score (nSPS) is 18.4. The van der Waals surface area contributed by atoms with E-state index in [2.05, 4.69) is 5.32 Å². The third-order valence-corrected chi connectivity index (χ3v) is 3.19. The van der Waals surface area contributed by atoms with Gasteiger partial charge in [-0.05, 0) is 18.6 Å². The molecule has 1 heterocycles. The Bertz CT molecular complexity index is 580. The first-order valence-electron chi connectivity index (χ1n) is 6.24. The molecule has 0 aromatic heterocycles. The summed E-state index contributed by atoms with van der Waals surface area (Å²) in [4.78, 5) is 24.1. The zero-order valence-corrected chi connectivity index (χ0v) is 11.2. The molecule has 1 aromatic rings. The molecule has 114 valence electrons. The van der Waals surface area contributed by atoms with Crippen molar-refractivity contribution in [3.63, 3.8) is 0 Å². The van der Waals surface area contributed by atoms with E-state index in [4.69, 9.17) is 9.84 Å². The van der Waals surface area contributed by atoms with Gasteiger partial charge in [0.25, 0.3) is 0 Å². The van der Waals surface area contributed by atoms with Crippen molar-refractivity contribution in [1.82, 2.24) is 4.90 Å². The van der Waals surface area contributed by atoms with Crippen molar-refractivity contribution in [3.8, 4) is 0 Å². The quantitative estimate of drug-likeness (QED) is 0.869. The van der Waals surface area contributed by atoms with E-state index in [1.807, 2.05) is 0 Å². The molecule has 8 heteroatoms. The summed E-state index contributed by atoms with van der Waals surface area (Å²) in [6.45, 7) is 1.45. The topological polar surface area (TPSA) is 78.9 Å². The van der Waals surface area contributed by atoms with E-state index in [-0.39, 0.29) is 25.3 Å². The lowest BCUT2D eigenvalue weighted by Crippen LogP contribution is -2.54. The van der Waals surface area contributed by atoms with E-state index in [1.54, 1.807) is 0 Å². The van der Waals surface area contributed by atoms with Gasteiger partial charge in [0.2, 0.25) is 0 Å². The van der Waals surface area contributed by atoms with Gasteiger partial charge in [0.1, 0.15) is 11.5 Å². The van der Waals surface area contributed by atoms with Gasteiger partial charge in [-0.3, -0.25) is 0 Å². The summed E-state index contributed by atoms with van der Waals surface area (Å²) in [7, 11) is 0. The second kappa shape index (κ2) is 6.04. The fourth-order valence-electron chi connectivity index (χ4n) is 2.00. The molecule has 0 radical (unpaired) electrons. The van der Waals surface area contributed by atoms with E-state index in [1.165, 1.54) is 13.0 Å². The molecule has 1 atom stereocenters. The van der Waals surface area contributed by atoms with Crippen molar-refractivity contribution < 1.29 is 28.2 Å². The highest BCUT2D eigenvalue weighted by Gasteiger charge is 2.33. The Labute approximate surface area is 119 Å². The van der Waals surface area contributed by atoms with Gasteiger partial charge in [-0.25, -0.2) is 18.4 Å². The largest absolute Gasteiger partial charge is 0.480 e. The number of hydrogen-bond donors (Lipinski definition) is 2. The first-order chi connectivity index (χ1) is 9.91. The van der Waals surface area contributed by atoms with Gasteiger partial charge in [0, 0.05) is 6.54 Å². The standard InChI is InChI=1S/C13H14F2N2O4/c1-7-2-3-8(14)11(10(7)15)16-13(20)17-4-5-21-6-9(17)12(18)19/h2-3,9H,4-6H2,1H3,(H,16,20)(H,18,19). The molecule has 1 unspecified atom stereocenters. The Morgan fingerprint density at radius 1 is 1.43 bits per heavy atom. The smallest absolute Gasteiger partial charge is 0.328 e. The van der Waals surface area contributed by atoms with E-state index >= 15 is 0 Å². The summed E-state index contributed by atoms with van der Waals surface area (Å²) in [6.07, 6.45) is 0. The molecule has 1 saturated heterocycles. The number of nitrogens with one attached hydrogen (secondary N) is 1. The van der Waals surface area contributed by atoms with Gasteiger partial charge < -0.3 is 20.1 Å². The third-order valence-electron chi connectivity index (χ3n) is 3.19. The van der Waals surface area contributed by atoms with Gasteiger partial charge >= 0.3 is 12.0 Å². The number of anilines is 1. The second-order valence-corrected chi connectivity index (χ2v) is 4.61. The van der Waals surface area contributed by atoms with Gasteiger partial charge in [-0.2, -0.15) is 0 Å². The molecule has 1 aliphatic rings. The van der Waals surface area contributed by atoms with Crippen molar-refractivity contribution in [2.45, 2.75) is 13.0 Å². The van der Waals surface area contributed by atoms with Crippen LogP contribution < -0.4 is 5.32 Å². The lowest BCUT2D eigenvalue weighted by atomic mass is 10.2. The number of nitrogens with zero attached hydrogens (tertiary/aromatic N) is 1. The Kier molecular flexibility index (Phi) is 4.37. The molecule has 2 rings (SSSR count). The molecule has 0 aliphatic carbocycles. The lowest BCUT2D eigenvalue weighted by Gasteiger charge is -2.32. The van der Waals surface area contributed by atoms with Crippen LogP contribution >= 0.6 is 0 Å². The summed E-state index contributed by atoms with van der Waals surface area (Å²) in [5.74, 6) is -3.05. The SMILES string of the molecule is Cc1ccc(F)c(NC(=O)N2CCOCC2C(=O)O)c1F. The van der Waals surface area contributed by atoms with Crippen LogP contribution in [0.2, 0.25) is 0 Å². The van der Waals surface area contributed by atoms with Crippen molar-refractivity contribution in [3.05, 3.63) is 29.3 Å². The van der Waals surface area contributed by atoms with Crippen LogP contribution in [0, 0.1) is 18.6 Å². The summed E-state index contributed by atoms with van der Waals surface area (Å²) in [5.41, 5.74) is -0.418. The average molecular weight is 300 g/mol. The Hall–Kier alpha value is -2.22. The van der Waals surface area contributed by atoms with Gasteiger partial charge in [-0.1, -0.05) is 6.07 Å². The van der Waals surface area contributed by atoms with Gasteiger partial charge in [-0.15, -0.1) is 0 Å². The zero-order valence-electron chi connectivity index (χ0n) is 11.2. The molecule has 6 nitrogen and oxygen atoms in total. The van der Waals surface area contributed by atoms with Crippen LogP contribution in [0.3, 0.4) is 0 Å². The molecule has 2 amide bonds. The minimum atomic E-state index is -1.24. The van der Waals surface area contributed by atoms with E-state index in [0.29, 0.717) is 0 Å². The number of rotatable bonds is 2. The van der Waals surface area contributed by atoms with Crippen molar-refractivity contribution in [1.29, 1.82) is 0 Å². The number of carboxylic acids is 1. The molecule has 1 aromatic carbocycles. The highest BCUT2D eigenvalue weighted by Crippen LogP contribution is 2.22. The number of benzene rings is 1. The number of carbonyl (C=O) groups is 2. The van der Waals surface area contributed by atoms with E-state index < -0.39 is 35.4 Å². The van der Waals surface area contributed by atoms with Crippen LogP contribution in [0.15, 0.2) is 12.1 Å². The Morgan fingerprint density at radius 3 is 2.81 bits per heavy atom. The second-order valence-electron chi connectivity index (χ2n) is 4.61. The predicted molar refractivity (Wildman–Crippen MR) is 69.1 cm³/mol. The highest BCUT2D eigenvalue weighted by atomic mass is 19.1. The predicted octanol–water partition coefficient (Wildman–Crippen LogP) is 1.59. The molecule has 2 N–H and O–H groups in total. The van der Waals surface area contributed by atoms with Crippen molar-refractivity contribution >= 4 is 17.7 Å². The molecule has 21 heavy (non-hydrogen) atoms. The zero-order chi connectivity index (χ0) is 15.6. The van der Waals surface area contributed by atoms with Crippen molar-refractivity contribution in [2.75, 3.05) is 25.1 Å². The number of morpholine rings is 1. The first kappa shape index (κ1) is 15.2. The number of aryl methyl sites for hydroxylation is 1. The third kappa shape index (κ3) is 3.10. The minimum Gasteiger partial charge on any atom is -0.480 e. The average Bonchev–Trinajstić information content (AvgIpc) is 2.47. The number of halogens is 2. The van der Waals surface area contributed by atoms with Gasteiger partial charge in [0.05, 0.1) is 13.2 Å². The van der Waals surface area contributed by atoms with Crippen LogP contribution in [0.1, 0.15) is 5.56 Å². The number of carboxylic acid groups (broad SMARTS) is 1. The number of amides is 2. The van der Waals surface area contributed by atoms with Crippen LogP contribution in [0.5, 0.6) is 0 Å². The van der Waals surface area contributed by atoms with Crippen LogP contribution in [0.4, 0.5) is 19.3 Å². The number of urea groups is 1. The molecule has 0 spiro atoms. The maximum absolute atomic E-state index is 13.8. The summed E-state index contributed by atoms with van der Waals surface area (Å²) in [6, 6.07) is 0.209.